The van der Waals surface area contributed by atoms with Crippen molar-refractivity contribution >= 4 is 46.3 Å². The molecule has 28 heavy (non-hydrogen) atoms. The van der Waals surface area contributed by atoms with E-state index in [1.807, 2.05) is 36.4 Å². The second kappa shape index (κ2) is 9.03. The minimum absolute atomic E-state index is 0.137. The molecule has 3 rings (SSSR count). The molecule has 1 amide bonds. The molecular formula is C21H19NO4S2. The van der Waals surface area contributed by atoms with E-state index in [0.717, 1.165) is 11.1 Å². The van der Waals surface area contributed by atoms with Crippen molar-refractivity contribution in [1.82, 2.24) is 4.90 Å². The van der Waals surface area contributed by atoms with E-state index in [2.05, 4.69) is 0 Å². The Morgan fingerprint density at radius 1 is 1.25 bits per heavy atom. The van der Waals surface area contributed by atoms with E-state index in [9.17, 15) is 9.59 Å². The number of carbonyl (C=O) groups is 2. The summed E-state index contributed by atoms with van der Waals surface area (Å²) in [6, 6.07) is 16.7. The Morgan fingerprint density at radius 2 is 2.00 bits per heavy atom. The van der Waals surface area contributed by atoms with E-state index >= 15 is 0 Å². The van der Waals surface area contributed by atoms with Crippen LogP contribution in [0.15, 0.2) is 59.5 Å². The van der Waals surface area contributed by atoms with E-state index in [1.54, 1.807) is 36.1 Å². The summed E-state index contributed by atoms with van der Waals surface area (Å²) in [4.78, 5) is 26.0. The first kappa shape index (κ1) is 20.1. The van der Waals surface area contributed by atoms with Crippen LogP contribution in [0.1, 0.15) is 24.5 Å². The molecule has 2 aromatic rings. The number of hydrogen-bond acceptors (Lipinski definition) is 5. The Bertz CT molecular complexity index is 927. The summed E-state index contributed by atoms with van der Waals surface area (Å²) >= 11 is 6.63. The average Bonchev–Trinajstić information content (AvgIpc) is 2.94. The van der Waals surface area contributed by atoms with Crippen molar-refractivity contribution in [3.63, 3.8) is 0 Å². The van der Waals surface area contributed by atoms with Crippen molar-refractivity contribution in [2.45, 2.75) is 26.0 Å². The van der Waals surface area contributed by atoms with Crippen molar-refractivity contribution in [1.29, 1.82) is 0 Å². The number of ether oxygens (including phenoxy) is 1. The second-order valence-corrected chi connectivity index (χ2v) is 7.85. The van der Waals surface area contributed by atoms with Crippen LogP contribution in [0.3, 0.4) is 0 Å². The zero-order chi connectivity index (χ0) is 20.1. The highest BCUT2D eigenvalue weighted by molar-refractivity contribution is 8.26. The van der Waals surface area contributed by atoms with Crippen LogP contribution in [0.25, 0.3) is 6.08 Å². The van der Waals surface area contributed by atoms with Gasteiger partial charge in [0.05, 0.1) is 11.4 Å². The topological polar surface area (TPSA) is 66.8 Å². The molecule has 0 bridgehead atoms. The van der Waals surface area contributed by atoms with Crippen LogP contribution in [-0.4, -0.2) is 32.3 Å². The molecule has 1 N–H and O–H groups in total. The van der Waals surface area contributed by atoms with E-state index in [0.29, 0.717) is 27.9 Å². The van der Waals surface area contributed by atoms with Gasteiger partial charge in [0, 0.05) is 0 Å². The summed E-state index contributed by atoms with van der Waals surface area (Å²) in [6.45, 7) is 2.18. The summed E-state index contributed by atoms with van der Waals surface area (Å²) < 4.78 is 6.04. The number of benzene rings is 2. The van der Waals surface area contributed by atoms with Gasteiger partial charge in [0.1, 0.15) is 10.1 Å². The van der Waals surface area contributed by atoms with Gasteiger partial charge >= 0.3 is 5.97 Å². The zero-order valence-electron chi connectivity index (χ0n) is 15.2. The zero-order valence-corrected chi connectivity index (χ0v) is 16.8. The van der Waals surface area contributed by atoms with Crippen molar-refractivity contribution < 1.29 is 19.4 Å². The highest BCUT2D eigenvalue weighted by Crippen LogP contribution is 2.34. The number of carbonyl (C=O) groups excluding carboxylic acids is 1. The van der Waals surface area contributed by atoms with E-state index < -0.39 is 12.1 Å². The van der Waals surface area contributed by atoms with Gasteiger partial charge in [-0.05, 0) is 35.8 Å². The van der Waals surface area contributed by atoms with Gasteiger partial charge in [-0.2, -0.15) is 0 Å². The third kappa shape index (κ3) is 4.79. The summed E-state index contributed by atoms with van der Waals surface area (Å²) in [7, 11) is 0. The third-order valence-corrected chi connectivity index (χ3v) is 5.52. The molecule has 1 aliphatic rings. The van der Waals surface area contributed by atoms with Crippen LogP contribution in [-0.2, 0) is 16.1 Å². The lowest BCUT2D eigenvalue weighted by Crippen LogP contribution is -2.27. The molecule has 1 unspecified atom stereocenters. The highest BCUT2D eigenvalue weighted by Gasteiger charge is 2.32. The predicted octanol–water partition coefficient (Wildman–Crippen LogP) is 4.33. The monoisotopic (exact) mass is 413 g/mol. The lowest BCUT2D eigenvalue weighted by molar-refractivity contribution is -0.145. The SMILES string of the molecule is CCC(Oc1cccc(/C=C2/SC(=S)N(Cc3ccccc3)C2=O)c1)C(=O)O. The smallest absolute Gasteiger partial charge is 0.344 e. The molecule has 0 aromatic heterocycles. The van der Waals surface area contributed by atoms with Gasteiger partial charge < -0.3 is 9.84 Å². The molecular weight excluding hydrogens is 394 g/mol. The Balaban J connectivity index is 1.76. The lowest BCUT2D eigenvalue weighted by atomic mass is 10.2. The highest BCUT2D eigenvalue weighted by atomic mass is 32.2. The molecule has 1 heterocycles. The standard InChI is InChI=1S/C21H19NO4S2/c1-2-17(20(24)25)26-16-10-6-9-15(11-16)12-18-19(23)22(21(27)28-18)13-14-7-4-3-5-8-14/h3-12,17H,2,13H2,1H3,(H,24,25)/b18-12+. The molecule has 1 aliphatic heterocycles. The van der Waals surface area contributed by atoms with E-state index in [1.165, 1.54) is 11.8 Å². The first-order valence-electron chi connectivity index (χ1n) is 8.76. The Hall–Kier alpha value is -2.64. The molecule has 2 aromatic carbocycles. The van der Waals surface area contributed by atoms with Crippen LogP contribution >= 0.6 is 24.0 Å². The van der Waals surface area contributed by atoms with Crippen molar-refractivity contribution in [2.75, 3.05) is 0 Å². The molecule has 0 aliphatic carbocycles. The fourth-order valence-electron chi connectivity index (χ4n) is 2.70. The Labute approximate surface area is 173 Å². The largest absolute Gasteiger partial charge is 0.479 e. The molecule has 0 radical (unpaired) electrons. The molecule has 1 fully saturated rings. The number of hydrogen-bond donors (Lipinski definition) is 1. The lowest BCUT2D eigenvalue weighted by Gasteiger charge is -2.14. The first-order chi connectivity index (χ1) is 13.5. The fraction of sp³-hybridized carbons (Fsp3) is 0.190. The molecule has 7 heteroatoms. The minimum atomic E-state index is -1.00. The minimum Gasteiger partial charge on any atom is -0.479 e. The number of carboxylic acid groups (broad SMARTS) is 1. The number of thiocarbonyl (C=S) groups is 1. The Kier molecular flexibility index (Phi) is 6.49. The third-order valence-electron chi connectivity index (χ3n) is 4.14. The van der Waals surface area contributed by atoms with Gasteiger partial charge in [-0.25, -0.2) is 4.79 Å². The maximum Gasteiger partial charge on any atom is 0.344 e. The van der Waals surface area contributed by atoms with Crippen LogP contribution in [0, 0.1) is 0 Å². The van der Waals surface area contributed by atoms with Gasteiger partial charge in [0.2, 0.25) is 0 Å². The van der Waals surface area contributed by atoms with E-state index in [-0.39, 0.29) is 5.91 Å². The first-order valence-corrected chi connectivity index (χ1v) is 9.99. The summed E-state index contributed by atoms with van der Waals surface area (Å²) in [5.74, 6) is -0.695. The quantitative estimate of drug-likeness (QED) is 0.538. The summed E-state index contributed by atoms with van der Waals surface area (Å²) in [6.07, 6.45) is 1.20. The number of carboxylic acids is 1. The number of aliphatic carboxylic acids is 1. The molecule has 144 valence electrons. The van der Waals surface area contributed by atoms with Gasteiger partial charge in [-0.1, -0.05) is 73.4 Å². The Morgan fingerprint density at radius 3 is 2.68 bits per heavy atom. The normalized spacial score (nSPS) is 16.5. The fourth-order valence-corrected chi connectivity index (χ4v) is 3.96. The van der Waals surface area contributed by atoms with Crippen LogP contribution in [0.2, 0.25) is 0 Å². The molecule has 1 atom stereocenters. The number of amides is 1. The van der Waals surface area contributed by atoms with Crippen molar-refractivity contribution in [3.8, 4) is 5.75 Å². The van der Waals surface area contributed by atoms with Gasteiger partial charge in [0.15, 0.2) is 6.10 Å². The summed E-state index contributed by atoms with van der Waals surface area (Å²) in [5, 5.41) is 9.14. The maximum absolute atomic E-state index is 12.8. The van der Waals surface area contributed by atoms with E-state index in [4.69, 9.17) is 22.1 Å². The molecule has 5 nitrogen and oxygen atoms in total. The van der Waals surface area contributed by atoms with Crippen LogP contribution < -0.4 is 4.74 Å². The molecule has 0 saturated carbocycles. The van der Waals surface area contributed by atoms with Gasteiger partial charge in [0.25, 0.3) is 5.91 Å². The average molecular weight is 414 g/mol. The van der Waals surface area contributed by atoms with Crippen LogP contribution in [0.4, 0.5) is 0 Å². The van der Waals surface area contributed by atoms with Crippen molar-refractivity contribution in [2.24, 2.45) is 0 Å². The number of nitrogens with zero attached hydrogens (tertiary/aromatic N) is 1. The number of thioether (sulfide) groups is 1. The van der Waals surface area contributed by atoms with Crippen LogP contribution in [0.5, 0.6) is 5.75 Å². The second-order valence-electron chi connectivity index (χ2n) is 6.18. The summed E-state index contributed by atoms with van der Waals surface area (Å²) in [5.41, 5.74) is 1.76. The number of rotatable bonds is 7. The maximum atomic E-state index is 12.8. The van der Waals surface area contributed by atoms with Gasteiger partial charge in [-0.15, -0.1) is 0 Å². The molecule has 0 spiro atoms. The predicted molar refractivity (Wildman–Crippen MR) is 114 cm³/mol. The van der Waals surface area contributed by atoms with Gasteiger partial charge in [-0.3, -0.25) is 9.69 Å². The van der Waals surface area contributed by atoms with Crippen molar-refractivity contribution in [3.05, 3.63) is 70.6 Å². The molecule has 1 saturated heterocycles.